The van der Waals surface area contributed by atoms with Gasteiger partial charge in [-0.3, -0.25) is 4.79 Å². The van der Waals surface area contributed by atoms with Crippen LogP contribution in [0.3, 0.4) is 0 Å². The van der Waals surface area contributed by atoms with Gasteiger partial charge in [0.25, 0.3) is 5.56 Å². The van der Waals surface area contributed by atoms with E-state index in [1.165, 1.54) is 0 Å². The molecule has 1 rings (SSSR count). The van der Waals surface area contributed by atoms with E-state index in [0.29, 0.717) is 0 Å². The van der Waals surface area contributed by atoms with Crippen molar-refractivity contribution in [2.45, 2.75) is 0 Å². The molecule has 3 nitrogen and oxygen atoms in total. The van der Waals surface area contributed by atoms with Crippen molar-refractivity contribution in [1.29, 1.82) is 0 Å². The van der Waals surface area contributed by atoms with Crippen LogP contribution in [0.1, 0.15) is 0 Å². The predicted octanol–water partition coefficient (Wildman–Crippen LogP) is 0.621. The summed E-state index contributed by atoms with van der Waals surface area (Å²) in [6.45, 7) is 0. The summed E-state index contributed by atoms with van der Waals surface area (Å²) in [7, 11) is 0. The fourth-order valence-electron chi connectivity index (χ4n) is 0.237. The molecule has 0 aliphatic heterocycles. The highest BCUT2D eigenvalue weighted by molar-refractivity contribution is 6.30. The van der Waals surface area contributed by atoms with Crippen molar-refractivity contribution in [3.05, 3.63) is 21.6 Å². The second-order valence-electron chi connectivity index (χ2n) is 1.01. The van der Waals surface area contributed by atoms with Gasteiger partial charge in [-0.1, -0.05) is 11.6 Å². The average molecular weight is 120 g/mol. The lowest BCUT2D eigenvalue weighted by molar-refractivity contribution is 0.414. The molecule has 0 saturated heterocycles. The topological polar surface area (TPSA) is 46.0 Å². The van der Waals surface area contributed by atoms with Gasteiger partial charge in [0.05, 0.1) is 0 Å². The van der Waals surface area contributed by atoms with Crippen LogP contribution in [0.15, 0.2) is 15.6 Å². The van der Waals surface area contributed by atoms with Crippen molar-refractivity contribution in [2.24, 2.45) is 0 Å². The minimum atomic E-state index is -0.387. The van der Waals surface area contributed by atoms with E-state index in [-0.39, 0.29) is 10.6 Å². The summed E-state index contributed by atoms with van der Waals surface area (Å²) in [5.74, 6) is 0. The number of hydrogen-bond donors (Lipinski definition) is 1. The van der Waals surface area contributed by atoms with Gasteiger partial charge < -0.3 is 4.52 Å². The molecule has 0 atom stereocenters. The van der Waals surface area contributed by atoms with Gasteiger partial charge in [0.2, 0.25) is 0 Å². The number of halogens is 1. The number of hydrogen-bond acceptors (Lipinski definition) is 2. The fourth-order valence-corrected chi connectivity index (χ4v) is 0.320. The lowest BCUT2D eigenvalue weighted by Crippen LogP contribution is -1.95. The maximum atomic E-state index is 10.1. The summed E-state index contributed by atoms with van der Waals surface area (Å²) in [5, 5.41) is 2.09. The molecule has 1 aromatic rings. The molecule has 0 aromatic carbocycles. The van der Waals surface area contributed by atoms with Crippen LogP contribution >= 0.6 is 11.6 Å². The molecule has 0 bridgehead atoms. The van der Waals surface area contributed by atoms with Gasteiger partial charge in [0.15, 0.2) is 0 Å². The average Bonchev–Trinajstić information content (AvgIpc) is 1.91. The highest BCUT2D eigenvalue weighted by Crippen LogP contribution is 1.94. The van der Waals surface area contributed by atoms with E-state index >= 15 is 0 Å². The van der Waals surface area contributed by atoms with E-state index in [9.17, 15) is 4.79 Å². The van der Waals surface area contributed by atoms with Crippen molar-refractivity contribution < 1.29 is 4.52 Å². The Labute approximate surface area is 43.9 Å². The molecule has 0 saturated carbocycles. The van der Waals surface area contributed by atoms with E-state index in [0.717, 1.165) is 6.26 Å². The number of H-pyrrole nitrogens is 1. The Morgan fingerprint density at radius 3 is 2.71 bits per heavy atom. The predicted molar refractivity (Wildman–Crippen MR) is 24.3 cm³/mol. The van der Waals surface area contributed by atoms with Crippen LogP contribution in [0.2, 0.25) is 5.02 Å². The molecule has 0 unspecified atom stereocenters. The van der Waals surface area contributed by atoms with Crippen LogP contribution in [0.25, 0.3) is 0 Å². The zero-order chi connectivity index (χ0) is 5.28. The normalized spacial score (nSPS) is 9.29. The summed E-state index contributed by atoms with van der Waals surface area (Å²) in [4.78, 5) is 10.1. The van der Waals surface area contributed by atoms with Crippen molar-refractivity contribution in [2.75, 3.05) is 0 Å². The first-order valence-electron chi connectivity index (χ1n) is 1.62. The first-order chi connectivity index (χ1) is 3.30. The van der Waals surface area contributed by atoms with Crippen LogP contribution in [0, 0.1) is 0 Å². The van der Waals surface area contributed by atoms with Crippen LogP contribution in [-0.2, 0) is 0 Å². The maximum Gasteiger partial charge on any atom is 0.298 e. The van der Waals surface area contributed by atoms with Gasteiger partial charge in [-0.25, -0.2) is 0 Å². The number of aromatic nitrogens is 1. The zero-order valence-corrected chi connectivity index (χ0v) is 4.03. The zero-order valence-electron chi connectivity index (χ0n) is 3.27. The smallest absolute Gasteiger partial charge is 0.298 e. The summed E-state index contributed by atoms with van der Waals surface area (Å²) < 4.78 is 4.28. The van der Waals surface area contributed by atoms with Crippen LogP contribution in [-0.4, -0.2) is 5.16 Å². The lowest BCUT2D eigenvalue weighted by Gasteiger charge is -1.57. The molecular weight excluding hydrogens is 117 g/mol. The molecule has 0 fully saturated rings. The van der Waals surface area contributed by atoms with Crippen LogP contribution in [0.4, 0.5) is 0 Å². The molecule has 1 heterocycles. The van der Waals surface area contributed by atoms with Gasteiger partial charge in [-0.05, 0) is 0 Å². The van der Waals surface area contributed by atoms with Crippen molar-refractivity contribution >= 4 is 11.6 Å². The Morgan fingerprint density at radius 1 is 1.86 bits per heavy atom. The van der Waals surface area contributed by atoms with Crippen LogP contribution in [0.5, 0.6) is 0 Å². The van der Waals surface area contributed by atoms with Gasteiger partial charge >= 0.3 is 0 Å². The molecule has 0 aliphatic rings. The highest BCUT2D eigenvalue weighted by Gasteiger charge is 1.91. The molecule has 7 heavy (non-hydrogen) atoms. The van der Waals surface area contributed by atoms with Crippen molar-refractivity contribution in [1.82, 2.24) is 5.16 Å². The van der Waals surface area contributed by atoms with E-state index in [1.807, 2.05) is 5.16 Å². The van der Waals surface area contributed by atoms with E-state index < -0.39 is 0 Å². The lowest BCUT2D eigenvalue weighted by atomic mass is 10.7. The summed E-state index contributed by atoms with van der Waals surface area (Å²) in [5.41, 5.74) is -0.387. The molecule has 0 spiro atoms. The molecule has 4 heteroatoms. The Kier molecular flexibility index (Phi) is 0.906. The largest absolute Gasteiger partial charge is 0.385 e. The van der Waals surface area contributed by atoms with Crippen molar-refractivity contribution in [3.8, 4) is 0 Å². The third-order valence-electron chi connectivity index (χ3n) is 0.531. The van der Waals surface area contributed by atoms with Crippen molar-refractivity contribution in [3.63, 3.8) is 0 Å². The third-order valence-corrected chi connectivity index (χ3v) is 0.792. The summed E-state index contributed by atoms with van der Waals surface area (Å²) in [6, 6.07) is 0. The minimum Gasteiger partial charge on any atom is -0.385 e. The SMILES string of the molecule is O=c1[nH]occ1Cl. The Balaban J connectivity index is 3.39. The first kappa shape index (κ1) is 4.46. The quantitative estimate of drug-likeness (QED) is 0.544. The Hall–Kier alpha value is -0.700. The number of rotatable bonds is 0. The van der Waals surface area contributed by atoms with Gasteiger partial charge in [0.1, 0.15) is 11.3 Å². The molecule has 1 N–H and O–H groups in total. The fraction of sp³-hybridized carbons (Fsp3) is 0. The minimum absolute atomic E-state index is 0.0833. The highest BCUT2D eigenvalue weighted by atomic mass is 35.5. The second kappa shape index (κ2) is 1.42. The Morgan fingerprint density at radius 2 is 2.57 bits per heavy atom. The van der Waals surface area contributed by atoms with Gasteiger partial charge in [-0.15, -0.1) is 0 Å². The third kappa shape index (κ3) is 0.667. The van der Waals surface area contributed by atoms with Crippen LogP contribution < -0.4 is 5.56 Å². The van der Waals surface area contributed by atoms with Gasteiger partial charge in [-0.2, -0.15) is 5.16 Å². The number of aromatic amines is 1. The summed E-state index contributed by atoms with van der Waals surface area (Å²) >= 11 is 5.19. The molecule has 38 valence electrons. The van der Waals surface area contributed by atoms with Gasteiger partial charge in [0, 0.05) is 0 Å². The molecular formula is C3H2ClNO2. The molecule has 0 aliphatic carbocycles. The van der Waals surface area contributed by atoms with E-state index in [1.54, 1.807) is 0 Å². The second-order valence-corrected chi connectivity index (χ2v) is 1.42. The molecule has 0 radical (unpaired) electrons. The van der Waals surface area contributed by atoms with E-state index in [4.69, 9.17) is 11.6 Å². The van der Waals surface area contributed by atoms with E-state index in [2.05, 4.69) is 4.52 Å². The first-order valence-corrected chi connectivity index (χ1v) is 2.00. The monoisotopic (exact) mass is 119 g/mol. The summed E-state index contributed by atoms with van der Waals surface area (Å²) in [6.07, 6.45) is 1.14. The maximum absolute atomic E-state index is 10.1. The standard InChI is InChI=1S/C3H2ClNO2/c4-2-1-7-5-3(2)6/h1H,(H,5,6). The molecule has 1 aromatic heterocycles. The Bertz CT molecular complexity index is 201. The molecule has 0 amide bonds. The number of nitrogens with one attached hydrogen (secondary N) is 1.